The molecule has 1 saturated carbocycles. The summed E-state index contributed by atoms with van der Waals surface area (Å²) in [5, 5.41) is 0. The zero-order valence-corrected chi connectivity index (χ0v) is 8.29. The van der Waals surface area contributed by atoms with E-state index in [9.17, 15) is 0 Å². The molecule has 0 spiro atoms. The van der Waals surface area contributed by atoms with Gasteiger partial charge in [0.1, 0.15) is 0 Å². The van der Waals surface area contributed by atoms with Gasteiger partial charge in [-0.2, -0.15) is 0 Å². The molecule has 0 bridgehead atoms. The van der Waals surface area contributed by atoms with E-state index in [1.807, 2.05) is 0 Å². The van der Waals surface area contributed by atoms with Crippen LogP contribution in [-0.2, 0) is 0 Å². The quantitative estimate of drug-likeness (QED) is 0.671. The predicted molar refractivity (Wildman–Crippen MR) is 53.5 cm³/mol. The van der Waals surface area contributed by atoms with Crippen LogP contribution >= 0.6 is 24.8 Å². The van der Waals surface area contributed by atoms with Crippen LogP contribution in [0.4, 0.5) is 0 Å². The topological polar surface area (TPSA) is 52.0 Å². The number of nitrogens with two attached hydrogens (primary N) is 2. The molecule has 0 saturated heterocycles. The highest BCUT2D eigenvalue weighted by atomic mass is 35.5. The van der Waals surface area contributed by atoms with E-state index in [4.69, 9.17) is 11.5 Å². The van der Waals surface area contributed by atoms with Crippen molar-refractivity contribution in [3.8, 4) is 0 Å². The van der Waals surface area contributed by atoms with E-state index in [1.165, 1.54) is 25.7 Å². The van der Waals surface area contributed by atoms with Gasteiger partial charge in [0, 0.05) is 6.04 Å². The Balaban J connectivity index is 0. The average molecular weight is 201 g/mol. The maximum atomic E-state index is 5.81. The minimum atomic E-state index is 0. The zero-order chi connectivity index (χ0) is 6.69. The summed E-state index contributed by atoms with van der Waals surface area (Å²) >= 11 is 0. The molecular weight excluding hydrogens is 183 g/mol. The van der Waals surface area contributed by atoms with Crippen LogP contribution in [0.5, 0.6) is 0 Å². The highest BCUT2D eigenvalue weighted by Gasteiger charge is 2.19. The molecule has 70 valence electrons. The predicted octanol–water partition coefficient (Wildman–Crippen LogP) is 1.31. The van der Waals surface area contributed by atoms with Gasteiger partial charge >= 0.3 is 0 Å². The summed E-state index contributed by atoms with van der Waals surface area (Å²) in [6, 6.07) is 0.392. The Kier molecular flexibility index (Phi) is 9.15. The second-order valence-electron chi connectivity index (χ2n) is 2.94. The molecule has 2 unspecified atom stereocenters. The molecule has 0 amide bonds. The molecule has 1 fully saturated rings. The van der Waals surface area contributed by atoms with Gasteiger partial charge in [-0.3, -0.25) is 0 Å². The third kappa shape index (κ3) is 4.16. The Morgan fingerprint density at radius 3 is 2.00 bits per heavy atom. The van der Waals surface area contributed by atoms with Crippen molar-refractivity contribution in [1.82, 2.24) is 0 Å². The standard InChI is InChI=1S/C7H16N2.2ClH/c8-5-6-3-1-2-4-7(6)9;;/h6-7H,1-5,8-9H2;2*1H. The van der Waals surface area contributed by atoms with Gasteiger partial charge in [-0.15, -0.1) is 24.8 Å². The van der Waals surface area contributed by atoms with E-state index in [1.54, 1.807) is 0 Å². The van der Waals surface area contributed by atoms with Gasteiger partial charge < -0.3 is 11.5 Å². The summed E-state index contributed by atoms with van der Waals surface area (Å²) in [6.07, 6.45) is 5.06. The molecule has 0 aromatic heterocycles. The summed E-state index contributed by atoms with van der Waals surface area (Å²) < 4.78 is 0. The molecule has 2 nitrogen and oxygen atoms in total. The van der Waals surface area contributed by atoms with E-state index >= 15 is 0 Å². The van der Waals surface area contributed by atoms with Gasteiger partial charge in [-0.25, -0.2) is 0 Å². The van der Waals surface area contributed by atoms with Crippen molar-refractivity contribution in [1.29, 1.82) is 0 Å². The lowest BCUT2D eigenvalue weighted by molar-refractivity contribution is 0.315. The molecule has 4 heteroatoms. The second-order valence-corrected chi connectivity index (χ2v) is 2.94. The minimum Gasteiger partial charge on any atom is -0.330 e. The van der Waals surface area contributed by atoms with Crippen molar-refractivity contribution in [2.45, 2.75) is 31.7 Å². The number of halogens is 2. The number of hydrogen-bond donors (Lipinski definition) is 2. The lowest BCUT2D eigenvalue weighted by atomic mass is 9.85. The number of hydrogen-bond acceptors (Lipinski definition) is 2. The smallest absolute Gasteiger partial charge is 0.00792 e. The van der Waals surface area contributed by atoms with Crippen molar-refractivity contribution in [3.63, 3.8) is 0 Å². The molecule has 11 heavy (non-hydrogen) atoms. The van der Waals surface area contributed by atoms with E-state index in [2.05, 4.69) is 0 Å². The van der Waals surface area contributed by atoms with Crippen LogP contribution in [0.1, 0.15) is 25.7 Å². The first kappa shape index (κ1) is 14.0. The van der Waals surface area contributed by atoms with Crippen molar-refractivity contribution in [2.24, 2.45) is 17.4 Å². The first-order chi connectivity index (χ1) is 4.34. The molecule has 0 aromatic carbocycles. The Morgan fingerprint density at radius 1 is 1.09 bits per heavy atom. The largest absolute Gasteiger partial charge is 0.330 e. The third-order valence-corrected chi connectivity index (χ3v) is 2.27. The molecule has 2 atom stereocenters. The van der Waals surface area contributed by atoms with Crippen molar-refractivity contribution < 1.29 is 0 Å². The van der Waals surface area contributed by atoms with E-state index in [-0.39, 0.29) is 24.8 Å². The van der Waals surface area contributed by atoms with Gasteiger partial charge in [-0.05, 0) is 25.3 Å². The van der Waals surface area contributed by atoms with Crippen LogP contribution in [0, 0.1) is 5.92 Å². The molecule has 0 aliphatic heterocycles. The SMILES string of the molecule is Cl.Cl.NCC1CCCCC1N. The van der Waals surface area contributed by atoms with Gasteiger partial charge in [0.05, 0.1) is 0 Å². The van der Waals surface area contributed by atoms with Gasteiger partial charge in [0.25, 0.3) is 0 Å². The van der Waals surface area contributed by atoms with Crippen LogP contribution in [0.15, 0.2) is 0 Å². The molecule has 0 radical (unpaired) electrons. The van der Waals surface area contributed by atoms with Crippen molar-refractivity contribution in [3.05, 3.63) is 0 Å². The maximum absolute atomic E-state index is 5.81. The van der Waals surface area contributed by atoms with E-state index in [0.29, 0.717) is 12.0 Å². The van der Waals surface area contributed by atoms with Gasteiger partial charge in [0.2, 0.25) is 0 Å². The molecule has 1 aliphatic rings. The number of rotatable bonds is 1. The summed E-state index contributed by atoms with van der Waals surface area (Å²) in [5.74, 6) is 0.610. The average Bonchev–Trinajstić information content (AvgIpc) is 1.89. The molecule has 0 aromatic rings. The van der Waals surface area contributed by atoms with Gasteiger partial charge in [0.15, 0.2) is 0 Å². The third-order valence-electron chi connectivity index (χ3n) is 2.27. The Bertz CT molecular complexity index is 90.5. The summed E-state index contributed by atoms with van der Waals surface area (Å²) in [6.45, 7) is 0.779. The van der Waals surface area contributed by atoms with Gasteiger partial charge in [-0.1, -0.05) is 12.8 Å². The monoisotopic (exact) mass is 200 g/mol. The Morgan fingerprint density at radius 2 is 1.64 bits per heavy atom. The fourth-order valence-corrected chi connectivity index (χ4v) is 1.53. The highest BCUT2D eigenvalue weighted by Crippen LogP contribution is 2.21. The molecule has 1 aliphatic carbocycles. The normalized spacial score (nSPS) is 30.0. The summed E-state index contributed by atoms with van der Waals surface area (Å²) in [5.41, 5.74) is 11.3. The van der Waals surface area contributed by atoms with Crippen LogP contribution in [-0.4, -0.2) is 12.6 Å². The van der Waals surface area contributed by atoms with E-state index < -0.39 is 0 Å². The van der Waals surface area contributed by atoms with Crippen molar-refractivity contribution in [2.75, 3.05) is 6.54 Å². The van der Waals surface area contributed by atoms with Crippen LogP contribution < -0.4 is 11.5 Å². The highest BCUT2D eigenvalue weighted by molar-refractivity contribution is 5.85. The zero-order valence-electron chi connectivity index (χ0n) is 6.66. The first-order valence-corrected chi connectivity index (χ1v) is 3.80. The molecular formula is C7H18Cl2N2. The van der Waals surface area contributed by atoms with Crippen molar-refractivity contribution >= 4 is 24.8 Å². The Labute approximate surface area is 80.9 Å². The Hall–Kier alpha value is 0.500. The second kappa shape index (κ2) is 7.17. The van der Waals surface area contributed by atoms with Crippen LogP contribution in [0.2, 0.25) is 0 Å². The molecule has 0 heterocycles. The van der Waals surface area contributed by atoms with E-state index in [0.717, 1.165) is 6.54 Å². The minimum absolute atomic E-state index is 0. The lowest BCUT2D eigenvalue weighted by Gasteiger charge is -2.26. The molecule has 1 rings (SSSR count). The lowest BCUT2D eigenvalue weighted by Crippen LogP contribution is -2.37. The molecule has 4 N–H and O–H groups in total. The fraction of sp³-hybridized carbons (Fsp3) is 1.00. The first-order valence-electron chi connectivity index (χ1n) is 3.80. The van der Waals surface area contributed by atoms with Crippen LogP contribution in [0.25, 0.3) is 0 Å². The summed E-state index contributed by atoms with van der Waals surface area (Å²) in [7, 11) is 0. The fourth-order valence-electron chi connectivity index (χ4n) is 1.53. The maximum Gasteiger partial charge on any atom is 0.00792 e. The summed E-state index contributed by atoms with van der Waals surface area (Å²) in [4.78, 5) is 0. The van der Waals surface area contributed by atoms with Crippen LogP contribution in [0.3, 0.4) is 0 Å².